The van der Waals surface area contributed by atoms with Crippen molar-refractivity contribution in [3.8, 4) is 22.8 Å². The van der Waals surface area contributed by atoms with Gasteiger partial charge < -0.3 is 14.4 Å². The van der Waals surface area contributed by atoms with Gasteiger partial charge in [0.1, 0.15) is 11.5 Å². The summed E-state index contributed by atoms with van der Waals surface area (Å²) in [7, 11) is 5.20. The first kappa shape index (κ1) is 25.0. The third kappa shape index (κ3) is 5.34. The highest BCUT2D eigenvalue weighted by Crippen LogP contribution is 2.34. The Hall–Kier alpha value is -4.72. The van der Waals surface area contributed by atoms with Crippen LogP contribution in [0, 0.1) is 0 Å². The van der Waals surface area contributed by atoms with E-state index in [0.29, 0.717) is 18.0 Å². The molecule has 0 N–H and O–H groups in total. The topological polar surface area (TPSA) is 78.2 Å². The number of aromatic nitrogens is 5. The lowest BCUT2D eigenvalue weighted by Gasteiger charge is -2.25. The molecule has 0 radical (unpaired) electrons. The molecule has 5 rings (SSSR count). The lowest BCUT2D eigenvalue weighted by atomic mass is 10.1. The molecular formula is C30H30N6O2. The average Bonchev–Trinajstić information content (AvgIpc) is 3.40. The van der Waals surface area contributed by atoms with Gasteiger partial charge in [-0.1, -0.05) is 19.1 Å². The van der Waals surface area contributed by atoms with Crippen molar-refractivity contribution in [2.75, 3.05) is 25.7 Å². The summed E-state index contributed by atoms with van der Waals surface area (Å²) in [6, 6.07) is 16.0. The second kappa shape index (κ2) is 11.1. The minimum absolute atomic E-state index is 0.595. The number of anilines is 2. The molecule has 8 heteroatoms. The molecule has 38 heavy (non-hydrogen) atoms. The quantitative estimate of drug-likeness (QED) is 0.248. The third-order valence-corrected chi connectivity index (χ3v) is 6.36. The van der Waals surface area contributed by atoms with Crippen LogP contribution in [0.25, 0.3) is 28.4 Å². The van der Waals surface area contributed by atoms with Crippen molar-refractivity contribution in [1.29, 1.82) is 0 Å². The van der Waals surface area contributed by atoms with Crippen LogP contribution in [-0.4, -0.2) is 45.5 Å². The van der Waals surface area contributed by atoms with E-state index in [0.717, 1.165) is 45.8 Å². The fourth-order valence-corrected chi connectivity index (χ4v) is 4.34. The minimum Gasteiger partial charge on any atom is -0.497 e. The van der Waals surface area contributed by atoms with Crippen molar-refractivity contribution in [2.45, 2.75) is 13.3 Å². The Kier molecular flexibility index (Phi) is 7.31. The van der Waals surface area contributed by atoms with Crippen LogP contribution in [0.2, 0.25) is 0 Å². The predicted molar refractivity (Wildman–Crippen MR) is 151 cm³/mol. The first-order chi connectivity index (χ1) is 18.6. The highest BCUT2D eigenvalue weighted by atomic mass is 16.5. The molecule has 192 valence electrons. The third-order valence-electron chi connectivity index (χ3n) is 6.36. The van der Waals surface area contributed by atoms with Gasteiger partial charge in [-0.15, -0.1) is 0 Å². The molecule has 0 saturated carbocycles. The van der Waals surface area contributed by atoms with Gasteiger partial charge in [0.2, 0.25) is 0 Å². The summed E-state index contributed by atoms with van der Waals surface area (Å²) in [5, 5.41) is 4.27. The Bertz CT molecular complexity index is 1570. The van der Waals surface area contributed by atoms with Gasteiger partial charge in [0.05, 0.1) is 49.0 Å². The van der Waals surface area contributed by atoms with Gasteiger partial charge in [0.15, 0.2) is 0 Å². The predicted octanol–water partition coefficient (Wildman–Crippen LogP) is 5.86. The molecule has 0 amide bonds. The Morgan fingerprint density at radius 1 is 0.921 bits per heavy atom. The fourth-order valence-electron chi connectivity index (χ4n) is 4.34. The molecule has 3 heterocycles. The van der Waals surface area contributed by atoms with Crippen molar-refractivity contribution < 1.29 is 9.47 Å². The van der Waals surface area contributed by atoms with Crippen LogP contribution in [-0.2, 0) is 13.5 Å². The van der Waals surface area contributed by atoms with Crippen molar-refractivity contribution in [3.63, 3.8) is 0 Å². The zero-order valence-electron chi connectivity index (χ0n) is 22.0. The van der Waals surface area contributed by atoms with E-state index in [9.17, 15) is 0 Å². The lowest BCUT2D eigenvalue weighted by Crippen LogP contribution is -2.17. The second-order valence-corrected chi connectivity index (χ2v) is 8.82. The normalized spacial score (nSPS) is 11.3. The van der Waals surface area contributed by atoms with Crippen molar-refractivity contribution in [1.82, 2.24) is 24.7 Å². The molecule has 2 aromatic carbocycles. The van der Waals surface area contributed by atoms with E-state index < -0.39 is 0 Å². The largest absolute Gasteiger partial charge is 0.497 e. The van der Waals surface area contributed by atoms with Gasteiger partial charge in [0.25, 0.3) is 0 Å². The van der Waals surface area contributed by atoms with Gasteiger partial charge in [-0.25, -0.2) is 4.98 Å². The van der Waals surface area contributed by atoms with Crippen molar-refractivity contribution in [2.24, 2.45) is 7.05 Å². The lowest BCUT2D eigenvalue weighted by molar-refractivity contribution is 0.394. The first-order valence-electron chi connectivity index (χ1n) is 12.4. The molecule has 0 aliphatic rings. The molecule has 0 unspecified atom stereocenters. The standard InChI is InChI=1S/C30H30N6O2/c1-5-21-8-6-12-31-27(21)9-7-13-36(24-14-25(37-3)17-26(15-24)38-4)23-10-11-28-29(16-23)34-30(19-32-28)22-18-33-35(2)20-22/h6-12,14-20H,5,13H2,1-4H3. The second-order valence-electron chi connectivity index (χ2n) is 8.82. The number of pyridine rings is 1. The van der Waals surface area contributed by atoms with Crippen molar-refractivity contribution >= 4 is 28.5 Å². The highest BCUT2D eigenvalue weighted by Gasteiger charge is 2.14. The van der Waals surface area contributed by atoms with E-state index in [1.165, 1.54) is 5.56 Å². The summed E-state index contributed by atoms with van der Waals surface area (Å²) < 4.78 is 12.9. The Balaban J connectivity index is 1.56. The summed E-state index contributed by atoms with van der Waals surface area (Å²) in [6.45, 7) is 2.73. The summed E-state index contributed by atoms with van der Waals surface area (Å²) in [5.74, 6) is 1.43. The van der Waals surface area contributed by atoms with Crippen molar-refractivity contribution in [3.05, 3.63) is 90.7 Å². The average molecular weight is 507 g/mol. The van der Waals surface area contributed by atoms with E-state index in [2.05, 4.69) is 57.2 Å². The maximum Gasteiger partial charge on any atom is 0.124 e. The van der Waals surface area contributed by atoms with Gasteiger partial charge in [-0.05, 0) is 42.3 Å². The fraction of sp³-hybridized carbons (Fsp3) is 0.200. The maximum absolute atomic E-state index is 5.56. The van der Waals surface area contributed by atoms with Crippen LogP contribution in [0.3, 0.4) is 0 Å². The smallest absolute Gasteiger partial charge is 0.124 e. The van der Waals surface area contributed by atoms with E-state index in [-0.39, 0.29) is 0 Å². The van der Waals surface area contributed by atoms with Crippen LogP contribution in [0.4, 0.5) is 11.4 Å². The molecule has 8 nitrogen and oxygen atoms in total. The number of aryl methyl sites for hydroxylation is 2. The van der Waals surface area contributed by atoms with Crippen LogP contribution >= 0.6 is 0 Å². The summed E-state index contributed by atoms with van der Waals surface area (Å²) >= 11 is 0. The number of benzene rings is 2. The number of hydrogen-bond acceptors (Lipinski definition) is 7. The van der Waals surface area contributed by atoms with Gasteiger partial charge in [-0.3, -0.25) is 14.6 Å². The van der Waals surface area contributed by atoms with E-state index >= 15 is 0 Å². The van der Waals surface area contributed by atoms with Gasteiger partial charge in [0, 0.05) is 61.1 Å². The zero-order chi connectivity index (χ0) is 26.5. The molecule has 0 fully saturated rings. The Morgan fingerprint density at radius 2 is 1.74 bits per heavy atom. The van der Waals surface area contributed by atoms with Gasteiger partial charge in [-0.2, -0.15) is 5.10 Å². The minimum atomic E-state index is 0.595. The van der Waals surface area contributed by atoms with Gasteiger partial charge >= 0.3 is 0 Å². The highest BCUT2D eigenvalue weighted by molar-refractivity contribution is 5.83. The van der Waals surface area contributed by atoms with E-state index in [1.54, 1.807) is 31.3 Å². The van der Waals surface area contributed by atoms with Crippen LogP contribution in [0.5, 0.6) is 11.5 Å². The zero-order valence-corrected chi connectivity index (χ0v) is 22.0. The van der Waals surface area contributed by atoms with E-state index in [4.69, 9.17) is 14.5 Å². The number of rotatable bonds is 9. The number of fused-ring (bicyclic) bond motifs is 1. The monoisotopic (exact) mass is 506 g/mol. The number of ether oxygens (including phenoxy) is 2. The molecule has 0 atom stereocenters. The Labute approximate surface area is 222 Å². The molecule has 0 aliphatic carbocycles. The molecule has 3 aromatic heterocycles. The van der Waals surface area contributed by atoms with Crippen LogP contribution in [0.1, 0.15) is 18.2 Å². The maximum atomic E-state index is 5.56. The van der Waals surface area contributed by atoms with Crippen LogP contribution in [0.15, 0.2) is 79.4 Å². The number of hydrogen-bond donors (Lipinski definition) is 0. The molecule has 0 spiro atoms. The molecule has 0 bridgehead atoms. The number of methoxy groups -OCH3 is 2. The summed E-state index contributed by atoms with van der Waals surface area (Å²) in [6.07, 6.45) is 12.5. The SMILES string of the molecule is CCc1cccnc1C=CCN(c1cc(OC)cc(OC)c1)c1ccc2ncc(-c3cnn(C)c3)nc2c1. The molecule has 5 aromatic rings. The molecular weight excluding hydrogens is 476 g/mol. The first-order valence-corrected chi connectivity index (χ1v) is 12.4. The Morgan fingerprint density at radius 3 is 2.45 bits per heavy atom. The summed E-state index contributed by atoms with van der Waals surface area (Å²) in [4.78, 5) is 16.3. The number of nitrogens with zero attached hydrogens (tertiary/aromatic N) is 6. The van der Waals surface area contributed by atoms with Crippen LogP contribution < -0.4 is 14.4 Å². The van der Waals surface area contributed by atoms with E-state index in [1.807, 2.05) is 49.8 Å². The molecule has 0 aliphatic heterocycles. The molecule has 0 saturated heterocycles. The summed E-state index contributed by atoms with van der Waals surface area (Å²) in [5.41, 5.74) is 7.40.